The fourth-order valence-corrected chi connectivity index (χ4v) is 4.88. The Labute approximate surface area is 222 Å². The van der Waals surface area contributed by atoms with E-state index in [2.05, 4.69) is 46.8 Å². The zero-order valence-corrected chi connectivity index (χ0v) is 21.0. The average molecular weight is 528 g/mol. The monoisotopic (exact) mass is 527 g/mol. The molecule has 0 saturated heterocycles. The van der Waals surface area contributed by atoms with Crippen molar-refractivity contribution < 1.29 is 14.7 Å². The number of carbonyl (C=O) groups excluding carboxylic acids is 1. The minimum absolute atomic E-state index is 0.0658. The SMILES string of the molecule is C#CCN(c1ccc(C(=O)N[C@@H](CCc2nn[nH]n2)C(=O)O)nc1)C1CCc2cc3nc(C)[nH]c(=O)c3cc21. The second kappa shape index (κ2) is 10.7. The molecule has 3 aromatic heterocycles. The summed E-state index contributed by atoms with van der Waals surface area (Å²) in [5, 5.41) is 25.8. The molecule has 39 heavy (non-hydrogen) atoms. The number of H-pyrrole nitrogens is 2. The van der Waals surface area contributed by atoms with Gasteiger partial charge < -0.3 is 20.3 Å². The number of fused-ring (bicyclic) bond motifs is 2. The molecule has 13 nitrogen and oxygen atoms in total. The third-order valence-corrected chi connectivity index (χ3v) is 6.73. The van der Waals surface area contributed by atoms with Crippen LogP contribution in [0.2, 0.25) is 0 Å². The van der Waals surface area contributed by atoms with Gasteiger partial charge in [0, 0.05) is 6.42 Å². The summed E-state index contributed by atoms with van der Waals surface area (Å²) in [5.41, 5.74) is 3.34. The number of hydrogen-bond acceptors (Lipinski definition) is 9. The highest BCUT2D eigenvalue weighted by Gasteiger charge is 2.30. The smallest absolute Gasteiger partial charge is 0.326 e. The van der Waals surface area contributed by atoms with Crippen LogP contribution in [0.25, 0.3) is 10.9 Å². The number of pyridine rings is 1. The number of nitrogens with one attached hydrogen (secondary N) is 3. The quantitative estimate of drug-likeness (QED) is 0.230. The van der Waals surface area contributed by atoms with Crippen molar-refractivity contribution in [1.82, 2.24) is 40.9 Å². The molecule has 0 radical (unpaired) electrons. The number of carboxylic acid groups (broad SMARTS) is 1. The highest BCUT2D eigenvalue weighted by molar-refractivity contribution is 5.95. The lowest BCUT2D eigenvalue weighted by Gasteiger charge is -2.30. The van der Waals surface area contributed by atoms with E-state index >= 15 is 0 Å². The molecule has 0 aliphatic heterocycles. The summed E-state index contributed by atoms with van der Waals surface area (Å²) < 4.78 is 0. The standard InChI is InChI=1S/C26H25N9O4/c1-3-10-35(22-8-4-15-11-21-18(12-17(15)22)24(36)29-14(2)28-21)16-5-6-19(27-13-16)25(37)30-20(26(38)39)7-9-23-31-33-34-32-23/h1,5-6,11-13,20,22H,4,7-10H2,2H3,(H,30,37)(H,38,39)(H,28,29,36)(H,31,32,33,34)/t20-,22?/m0/s1. The molecule has 1 amide bonds. The second-order valence-corrected chi connectivity index (χ2v) is 9.24. The van der Waals surface area contributed by atoms with Gasteiger partial charge in [-0.1, -0.05) is 11.1 Å². The Morgan fingerprint density at radius 2 is 2.18 bits per heavy atom. The van der Waals surface area contributed by atoms with E-state index < -0.39 is 17.9 Å². The van der Waals surface area contributed by atoms with Crippen molar-refractivity contribution in [2.45, 2.75) is 44.7 Å². The van der Waals surface area contributed by atoms with Crippen LogP contribution in [0.3, 0.4) is 0 Å². The van der Waals surface area contributed by atoms with Crippen molar-refractivity contribution in [3.05, 3.63) is 69.3 Å². The predicted octanol–water partition coefficient (Wildman–Crippen LogP) is 1.08. The van der Waals surface area contributed by atoms with Crippen LogP contribution in [0.5, 0.6) is 0 Å². The van der Waals surface area contributed by atoms with E-state index in [0.717, 1.165) is 24.0 Å². The molecule has 0 spiro atoms. The minimum atomic E-state index is -1.18. The molecule has 13 heteroatoms. The lowest BCUT2D eigenvalue weighted by molar-refractivity contribution is -0.139. The molecule has 4 aromatic rings. The molecule has 198 valence electrons. The maximum atomic E-state index is 12.8. The number of rotatable bonds is 9. The van der Waals surface area contributed by atoms with Crippen LogP contribution in [-0.2, 0) is 17.6 Å². The maximum Gasteiger partial charge on any atom is 0.326 e. The molecule has 1 aromatic carbocycles. The van der Waals surface area contributed by atoms with Gasteiger partial charge in [-0.15, -0.1) is 16.6 Å². The molecule has 4 N–H and O–H groups in total. The van der Waals surface area contributed by atoms with Crippen molar-refractivity contribution in [2.75, 3.05) is 11.4 Å². The Morgan fingerprint density at radius 3 is 2.87 bits per heavy atom. The molecule has 0 fully saturated rings. The molecule has 1 aliphatic rings. The van der Waals surface area contributed by atoms with E-state index in [9.17, 15) is 19.5 Å². The molecule has 1 unspecified atom stereocenters. The van der Waals surface area contributed by atoms with E-state index in [1.165, 1.54) is 12.3 Å². The first-order chi connectivity index (χ1) is 18.8. The number of hydrogen-bond donors (Lipinski definition) is 4. The highest BCUT2D eigenvalue weighted by atomic mass is 16.4. The summed E-state index contributed by atoms with van der Waals surface area (Å²) >= 11 is 0. The zero-order chi connectivity index (χ0) is 27.5. The lowest BCUT2D eigenvalue weighted by atomic mass is 10.0. The van der Waals surface area contributed by atoms with Gasteiger partial charge in [0.1, 0.15) is 17.6 Å². The van der Waals surface area contributed by atoms with Crippen LogP contribution in [0, 0.1) is 19.3 Å². The Hall–Kier alpha value is -5.12. The average Bonchev–Trinajstić information content (AvgIpc) is 3.58. The number of tetrazole rings is 1. The number of aromatic nitrogens is 7. The molecular weight excluding hydrogens is 502 g/mol. The zero-order valence-electron chi connectivity index (χ0n) is 21.0. The first-order valence-electron chi connectivity index (χ1n) is 12.3. The number of terminal acetylenes is 1. The van der Waals surface area contributed by atoms with Gasteiger partial charge >= 0.3 is 5.97 Å². The largest absolute Gasteiger partial charge is 0.480 e. The first-order valence-corrected chi connectivity index (χ1v) is 12.3. The van der Waals surface area contributed by atoms with Gasteiger partial charge in [-0.25, -0.2) is 14.8 Å². The number of benzene rings is 1. The van der Waals surface area contributed by atoms with Crippen LogP contribution >= 0.6 is 0 Å². The summed E-state index contributed by atoms with van der Waals surface area (Å²) in [6.07, 6.45) is 9.14. The number of aliphatic carboxylic acids is 1. The van der Waals surface area contributed by atoms with Gasteiger partial charge in [0.25, 0.3) is 11.5 Å². The third-order valence-electron chi connectivity index (χ3n) is 6.73. The minimum Gasteiger partial charge on any atom is -0.480 e. The fraction of sp³-hybridized carbons (Fsp3) is 0.308. The third kappa shape index (κ3) is 5.30. The van der Waals surface area contributed by atoms with Crippen molar-refractivity contribution in [2.24, 2.45) is 0 Å². The van der Waals surface area contributed by atoms with Crippen molar-refractivity contribution in [1.29, 1.82) is 0 Å². The van der Waals surface area contributed by atoms with Gasteiger partial charge in [0.05, 0.1) is 35.4 Å². The molecule has 2 atom stereocenters. The Balaban J connectivity index is 1.35. The van der Waals surface area contributed by atoms with E-state index in [-0.39, 0.29) is 36.7 Å². The normalized spacial score (nSPS) is 14.9. The fourth-order valence-electron chi connectivity index (χ4n) is 4.88. The van der Waals surface area contributed by atoms with Crippen LogP contribution in [0.15, 0.2) is 35.3 Å². The molecule has 5 rings (SSSR count). The maximum absolute atomic E-state index is 12.8. The second-order valence-electron chi connectivity index (χ2n) is 9.24. The lowest BCUT2D eigenvalue weighted by Crippen LogP contribution is -2.41. The molecule has 3 heterocycles. The van der Waals surface area contributed by atoms with Crippen LogP contribution in [0.1, 0.15) is 52.1 Å². The van der Waals surface area contributed by atoms with Gasteiger partial charge in [-0.05, 0) is 61.6 Å². The number of anilines is 1. The van der Waals surface area contributed by atoms with Crippen molar-refractivity contribution in [3.8, 4) is 12.3 Å². The Morgan fingerprint density at radius 1 is 1.33 bits per heavy atom. The van der Waals surface area contributed by atoms with Gasteiger partial charge in [0.2, 0.25) is 0 Å². The van der Waals surface area contributed by atoms with Gasteiger partial charge in [0.15, 0.2) is 5.82 Å². The first kappa shape index (κ1) is 25.5. The van der Waals surface area contributed by atoms with Gasteiger partial charge in [-0.3, -0.25) is 9.59 Å². The summed E-state index contributed by atoms with van der Waals surface area (Å²) in [6.45, 7) is 2.04. The predicted molar refractivity (Wildman–Crippen MR) is 140 cm³/mol. The molecule has 0 saturated carbocycles. The number of aryl methyl sites for hydroxylation is 3. The molecular formula is C26H25N9O4. The molecule has 1 aliphatic carbocycles. The van der Waals surface area contributed by atoms with Crippen molar-refractivity contribution in [3.63, 3.8) is 0 Å². The molecule has 0 bridgehead atoms. The number of carbonyl (C=O) groups is 2. The van der Waals surface area contributed by atoms with Crippen LogP contribution < -0.4 is 15.8 Å². The summed E-state index contributed by atoms with van der Waals surface area (Å²) in [7, 11) is 0. The Bertz CT molecular complexity index is 1620. The van der Waals surface area contributed by atoms with Crippen molar-refractivity contribution >= 4 is 28.5 Å². The highest BCUT2D eigenvalue weighted by Crippen LogP contribution is 2.39. The van der Waals surface area contributed by atoms with Crippen LogP contribution in [0.4, 0.5) is 5.69 Å². The van der Waals surface area contributed by atoms with E-state index in [4.69, 9.17) is 6.42 Å². The van der Waals surface area contributed by atoms with E-state index in [1.54, 1.807) is 13.0 Å². The number of aromatic amines is 2. The van der Waals surface area contributed by atoms with Crippen LogP contribution in [-0.4, -0.2) is 65.1 Å². The summed E-state index contributed by atoms with van der Waals surface area (Å²) in [6, 6.07) is 5.85. The number of nitrogens with zero attached hydrogens (tertiary/aromatic N) is 6. The van der Waals surface area contributed by atoms with Gasteiger partial charge in [-0.2, -0.15) is 5.21 Å². The summed E-state index contributed by atoms with van der Waals surface area (Å²) in [5.74, 6) is 1.80. The number of amides is 1. The van der Waals surface area contributed by atoms with E-state index in [1.807, 2.05) is 17.0 Å². The Kier molecular flexibility index (Phi) is 7.00. The summed E-state index contributed by atoms with van der Waals surface area (Å²) in [4.78, 5) is 50.5. The van der Waals surface area contributed by atoms with E-state index in [0.29, 0.717) is 28.2 Å². The number of carboxylic acids is 1. The topological polar surface area (TPSA) is 183 Å².